The van der Waals surface area contributed by atoms with E-state index in [1.807, 2.05) is 26.0 Å². The molecule has 0 saturated carbocycles. The Labute approximate surface area is 182 Å². The second-order valence-corrected chi connectivity index (χ2v) is 8.08. The molecule has 8 nitrogen and oxygen atoms in total. The minimum absolute atomic E-state index is 0.00190. The van der Waals surface area contributed by atoms with E-state index in [9.17, 15) is 14.4 Å². The Morgan fingerprint density at radius 2 is 1.81 bits per heavy atom. The molecule has 1 amide bonds. The monoisotopic (exact) mass is 439 g/mol. The molecule has 0 aliphatic carbocycles. The van der Waals surface area contributed by atoms with Gasteiger partial charge in [-0.2, -0.15) is 0 Å². The van der Waals surface area contributed by atoms with Gasteiger partial charge in [-0.3, -0.25) is 14.2 Å². The maximum atomic E-state index is 13.2. The van der Waals surface area contributed by atoms with Crippen molar-refractivity contribution in [2.75, 3.05) is 0 Å². The number of para-hydroxylation sites is 1. The molecular formula is C22H22ClN5O3. The lowest BCUT2D eigenvalue weighted by molar-refractivity contribution is -0.121. The number of halogens is 1. The quantitative estimate of drug-likeness (QED) is 0.499. The molecule has 9 heteroatoms. The average molecular weight is 440 g/mol. The first-order valence-corrected chi connectivity index (χ1v) is 10.4. The van der Waals surface area contributed by atoms with Crippen molar-refractivity contribution in [3.63, 3.8) is 0 Å². The van der Waals surface area contributed by atoms with Gasteiger partial charge in [-0.15, -0.1) is 5.10 Å². The summed E-state index contributed by atoms with van der Waals surface area (Å²) in [7, 11) is 0. The van der Waals surface area contributed by atoms with E-state index >= 15 is 0 Å². The first kappa shape index (κ1) is 20.9. The van der Waals surface area contributed by atoms with E-state index < -0.39 is 0 Å². The highest BCUT2D eigenvalue weighted by Crippen LogP contribution is 2.13. The Hall–Kier alpha value is -3.39. The van der Waals surface area contributed by atoms with Gasteiger partial charge in [-0.05, 0) is 43.7 Å². The third-order valence-electron chi connectivity index (χ3n) is 4.94. The Morgan fingerprint density at radius 1 is 1.10 bits per heavy atom. The van der Waals surface area contributed by atoms with E-state index in [4.69, 9.17) is 11.6 Å². The van der Waals surface area contributed by atoms with E-state index in [1.165, 1.54) is 13.6 Å². The molecule has 0 unspecified atom stereocenters. The second kappa shape index (κ2) is 8.39. The van der Waals surface area contributed by atoms with Crippen molar-refractivity contribution in [2.45, 2.75) is 39.4 Å². The highest BCUT2D eigenvalue weighted by molar-refractivity contribution is 6.30. The highest BCUT2D eigenvalue weighted by atomic mass is 35.5. The first-order chi connectivity index (χ1) is 14.8. The second-order valence-electron chi connectivity index (χ2n) is 7.65. The standard InChI is InChI=1S/C22H22ClN5O3/c1-14(2)24-19(29)11-12-26-20(30)17-5-3-4-6-18(17)28-21(26)25-27(22(28)31)13-15-7-9-16(23)10-8-15/h3-10,14H,11-13H2,1-2H3,(H,24,29). The van der Waals surface area contributed by atoms with Crippen LogP contribution < -0.4 is 16.6 Å². The largest absolute Gasteiger partial charge is 0.354 e. The van der Waals surface area contributed by atoms with Crippen LogP contribution >= 0.6 is 11.6 Å². The van der Waals surface area contributed by atoms with Gasteiger partial charge in [0.1, 0.15) is 0 Å². The number of nitrogens with zero attached hydrogens (tertiary/aromatic N) is 4. The van der Waals surface area contributed by atoms with Crippen molar-refractivity contribution < 1.29 is 4.79 Å². The fourth-order valence-electron chi connectivity index (χ4n) is 3.54. The lowest BCUT2D eigenvalue weighted by Crippen LogP contribution is -2.32. The van der Waals surface area contributed by atoms with Crippen molar-refractivity contribution >= 4 is 34.2 Å². The number of benzene rings is 2. The number of fused-ring (bicyclic) bond motifs is 3. The fourth-order valence-corrected chi connectivity index (χ4v) is 3.67. The number of aromatic nitrogens is 4. The molecule has 160 valence electrons. The van der Waals surface area contributed by atoms with Gasteiger partial charge in [0, 0.05) is 24.0 Å². The molecule has 0 aliphatic heterocycles. The van der Waals surface area contributed by atoms with Crippen LogP contribution in [0, 0.1) is 0 Å². The van der Waals surface area contributed by atoms with Gasteiger partial charge in [0.15, 0.2) is 0 Å². The van der Waals surface area contributed by atoms with Gasteiger partial charge in [-0.1, -0.05) is 35.9 Å². The van der Waals surface area contributed by atoms with Gasteiger partial charge >= 0.3 is 5.69 Å². The number of carbonyl (C=O) groups excluding carboxylic acids is 1. The topological polar surface area (TPSA) is 90.4 Å². The van der Waals surface area contributed by atoms with Crippen LogP contribution in [0.4, 0.5) is 0 Å². The van der Waals surface area contributed by atoms with Crippen molar-refractivity contribution in [1.29, 1.82) is 0 Å². The molecule has 2 aromatic heterocycles. The SMILES string of the molecule is CC(C)NC(=O)CCn1c(=O)c2ccccc2n2c(=O)n(Cc3ccc(Cl)cc3)nc12. The molecule has 31 heavy (non-hydrogen) atoms. The third-order valence-corrected chi connectivity index (χ3v) is 5.19. The number of nitrogens with one attached hydrogen (secondary N) is 1. The van der Waals surface area contributed by atoms with E-state index in [0.717, 1.165) is 5.56 Å². The number of rotatable bonds is 6. The average Bonchev–Trinajstić information content (AvgIpc) is 3.05. The van der Waals surface area contributed by atoms with Gasteiger partial charge < -0.3 is 5.32 Å². The van der Waals surface area contributed by atoms with Crippen LogP contribution in [-0.4, -0.2) is 30.7 Å². The molecule has 0 saturated heterocycles. The molecule has 4 aromatic rings. The van der Waals surface area contributed by atoms with Crippen molar-refractivity contribution in [3.8, 4) is 0 Å². The summed E-state index contributed by atoms with van der Waals surface area (Å²) in [6.07, 6.45) is 0.102. The number of aryl methyl sites for hydroxylation is 1. The van der Waals surface area contributed by atoms with Crippen LogP contribution in [0.2, 0.25) is 5.02 Å². The summed E-state index contributed by atoms with van der Waals surface area (Å²) in [5, 5.41) is 8.26. The zero-order valence-corrected chi connectivity index (χ0v) is 18.0. The van der Waals surface area contributed by atoms with Gasteiger partial charge in [0.2, 0.25) is 11.7 Å². The maximum Gasteiger partial charge on any atom is 0.352 e. The summed E-state index contributed by atoms with van der Waals surface area (Å²) in [6.45, 7) is 4.09. The molecule has 0 atom stereocenters. The molecule has 0 bridgehead atoms. The molecule has 2 heterocycles. The molecule has 0 spiro atoms. The molecule has 2 aromatic carbocycles. The molecule has 0 fully saturated rings. The maximum absolute atomic E-state index is 13.2. The summed E-state index contributed by atoms with van der Waals surface area (Å²) >= 11 is 5.95. The summed E-state index contributed by atoms with van der Waals surface area (Å²) in [4.78, 5) is 38.5. The van der Waals surface area contributed by atoms with Gasteiger partial charge in [0.05, 0.1) is 17.4 Å². The molecule has 4 rings (SSSR count). The predicted octanol–water partition coefficient (Wildman–Crippen LogP) is 2.43. The van der Waals surface area contributed by atoms with E-state index in [1.54, 1.807) is 36.4 Å². The Morgan fingerprint density at radius 3 is 2.52 bits per heavy atom. The summed E-state index contributed by atoms with van der Waals surface area (Å²) in [6, 6.07) is 14.0. The van der Waals surface area contributed by atoms with Crippen LogP contribution in [0.3, 0.4) is 0 Å². The van der Waals surface area contributed by atoms with E-state index in [2.05, 4.69) is 10.4 Å². The number of hydrogen-bond acceptors (Lipinski definition) is 4. The minimum atomic E-state index is -0.360. The third kappa shape index (κ3) is 4.11. The van der Waals surface area contributed by atoms with Crippen molar-refractivity contribution in [3.05, 3.63) is 80.0 Å². The highest BCUT2D eigenvalue weighted by Gasteiger charge is 2.18. The molecule has 0 aliphatic rings. The summed E-state index contributed by atoms with van der Waals surface area (Å²) in [5.41, 5.74) is 0.688. The predicted molar refractivity (Wildman–Crippen MR) is 120 cm³/mol. The van der Waals surface area contributed by atoms with Crippen LogP contribution in [0.25, 0.3) is 16.7 Å². The van der Waals surface area contributed by atoms with Crippen molar-refractivity contribution in [1.82, 2.24) is 24.1 Å². The first-order valence-electron chi connectivity index (χ1n) is 10.00. The number of hydrogen-bond donors (Lipinski definition) is 1. The zero-order valence-electron chi connectivity index (χ0n) is 17.2. The van der Waals surface area contributed by atoms with Crippen LogP contribution in [0.15, 0.2) is 58.1 Å². The van der Waals surface area contributed by atoms with Crippen LogP contribution in [-0.2, 0) is 17.9 Å². The zero-order chi connectivity index (χ0) is 22.1. The van der Waals surface area contributed by atoms with E-state index in [-0.39, 0.29) is 48.5 Å². The Balaban J connectivity index is 1.84. The van der Waals surface area contributed by atoms with Crippen molar-refractivity contribution in [2.24, 2.45) is 0 Å². The fraction of sp³-hybridized carbons (Fsp3) is 0.273. The Bertz CT molecular complexity index is 1380. The lowest BCUT2D eigenvalue weighted by Gasteiger charge is -2.11. The smallest absolute Gasteiger partial charge is 0.352 e. The molecule has 1 N–H and O–H groups in total. The summed E-state index contributed by atoms with van der Waals surface area (Å²) < 4.78 is 4.13. The number of amides is 1. The van der Waals surface area contributed by atoms with Gasteiger partial charge in [-0.25, -0.2) is 13.9 Å². The number of carbonyl (C=O) groups is 1. The lowest BCUT2D eigenvalue weighted by atomic mass is 10.2. The molecular weight excluding hydrogens is 418 g/mol. The van der Waals surface area contributed by atoms with Crippen LogP contribution in [0.1, 0.15) is 25.8 Å². The summed E-state index contributed by atoms with van der Waals surface area (Å²) in [5.74, 6) is 0.0381. The Kier molecular flexibility index (Phi) is 5.65. The normalized spacial score (nSPS) is 11.5. The van der Waals surface area contributed by atoms with Crippen LogP contribution in [0.5, 0.6) is 0 Å². The van der Waals surface area contributed by atoms with E-state index in [0.29, 0.717) is 15.9 Å². The molecule has 0 radical (unpaired) electrons. The van der Waals surface area contributed by atoms with Gasteiger partial charge in [0.25, 0.3) is 5.56 Å². The minimum Gasteiger partial charge on any atom is -0.354 e.